The van der Waals surface area contributed by atoms with Gasteiger partial charge in [0, 0.05) is 6.42 Å². The molecule has 0 heterocycles. The second-order valence-electron chi connectivity index (χ2n) is 4.94. The van der Waals surface area contributed by atoms with E-state index in [4.69, 9.17) is 10.00 Å². The summed E-state index contributed by atoms with van der Waals surface area (Å²) in [7, 11) is 1.44. The average Bonchev–Trinajstić information content (AvgIpc) is 2.36. The number of ether oxygens (including phenoxy) is 1. The van der Waals surface area contributed by atoms with Crippen molar-refractivity contribution in [3.8, 4) is 6.07 Å². The van der Waals surface area contributed by atoms with Crippen LogP contribution in [0.4, 0.5) is 0 Å². The fourth-order valence-corrected chi connectivity index (χ4v) is 2.40. The van der Waals surface area contributed by atoms with E-state index in [1.54, 1.807) is 0 Å². The van der Waals surface area contributed by atoms with Gasteiger partial charge in [-0.3, -0.25) is 4.79 Å². The van der Waals surface area contributed by atoms with Gasteiger partial charge >= 0.3 is 5.97 Å². The summed E-state index contributed by atoms with van der Waals surface area (Å²) in [6.45, 7) is 2.92. The number of carbonyl (C=O) groups excluding carboxylic acids is 1. The molecule has 0 aromatic heterocycles. The maximum Gasteiger partial charge on any atom is 0.326 e. The van der Waals surface area contributed by atoms with Crippen LogP contribution in [-0.2, 0) is 9.53 Å². The fraction of sp³-hybridized carbons (Fsp3) is 0.846. The fourth-order valence-electron chi connectivity index (χ4n) is 2.40. The molecule has 4 heteroatoms. The minimum Gasteiger partial charge on any atom is -0.468 e. The molecule has 0 saturated heterocycles. The Balaban J connectivity index is 2.54. The van der Waals surface area contributed by atoms with Crippen LogP contribution in [0.5, 0.6) is 0 Å². The van der Waals surface area contributed by atoms with Gasteiger partial charge in [-0.05, 0) is 44.6 Å². The molecule has 0 spiro atoms. The summed E-state index contributed by atoms with van der Waals surface area (Å²) in [5.41, 5.74) is -0.503. The molecule has 0 aliphatic heterocycles. The molecule has 1 N–H and O–H groups in total. The van der Waals surface area contributed by atoms with E-state index < -0.39 is 5.54 Å². The Labute approximate surface area is 103 Å². The maximum atomic E-state index is 11.9. The average molecular weight is 238 g/mol. The van der Waals surface area contributed by atoms with Gasteiger partial charge in [0.1, 0.15) is 5.54 Å². The summed E-state index contributed by atoms with van der Waals surface area (Å²) in [5, 5.41) is 11.8. The first kappa shape index (κ1) is 14.0. The Morgan fingerprint density at radius 2 is 2.18 bits per heavy atom. The van der Waals surface area contributed by atoms with Gasteiger partial charge in [-0.15, -0.1) is 0 Å². The highest BCUT2D eigenvalue weighted by Crippen LogP contribution is 2.32. The molecule has 0 unspecified atom stereocenters. The zero-order chi connectivity index (χ0) is 12.7. The summed E-state index contributed by atoms with van der Waals surface area (Å²) in [6, 6.07) is 2.11. The summed E-state index contributed by atoms with van der Waals surface area (Å²) < 4.78 is 4.92. The molecular formula is C13H22N2O2. The molecule has 1 aliphatic rings. The quantitative estimate of drug-likeness (QED) is 0.588. The molecule has 0 aromatic carbocycles. The number of hydrogen-bond donors (Lipinski definition) is 1. The predicted octanol–water partition coefficient (Wildman–Crippen LogP) is 2.00. The van der Waals surface area contributed by atoms with Crippen molar-refractivity contribution in [2.24, 2.45) is 5.92 Å². The first-order valence-corrected chi connectivity index (χ1v) is 6.35. The number of methoxy groups -OCH3 is 1. The third-order valence-corrected chi connectivity index (χ3v) is 3.63. The van der Waals surface area contributed by atoms with Gasteiger partial charge in [0.15, 0.2) is 0 Å². The van der Waals surface area contributed by atoms with Crippen molar-refractivity contribution in [2.45, 2.75) is 51.0 Å². The number of nitrogens with one attached hydrogen (secondary N) is 1. The van der Waals surface area contributed by atoms with E-state index in [1.165, 1.54) is 7.11 Å². The number of rotatable bonds is 5. The van der Waals surface area contributed by atoms with Gasteiger partial charge in [-0.2, -0.15) is 5.26 Å². The Kier molecular flexibility index (Phi) is 5.43. The first-order chi connectivity index (χ1) is 8.14. The number of nitriles is 1. The zero-order valence-electron chi connectivity index (χ0n) is 10.8. The molecule has 1 rings (SSSR count). The van der Waals surface area contributed by atoms with Crippen molar-refractivity contribution in [1.82, 2.24) is 5.32 Å². The van der Waals surface area contributed by atoms with Gasteiger partial charge in [-0.25, -0.2) is 0 Å². The van der Waals surface area contributed by atoms with Gasteiger partial charge in [-0.1, -0.05) is 6.92 Å². The lowest BCUT2D eigenvalue weighted by atomic mass is 9.77. The van der Waals surface area contributed by atoms with E-state index in [1.807, 2.05) is 0 Å². The van der Waals surface area contributed by atoms with Crippen LogP contribution in [0.3, 0.4) is 0 Å². The Bertz CT molecular complexity index is 288. The van der Waals surface area contributed by atoms with Crippen LogP contribution in [0.1, 0.15) is 45.4 Å². The molecule has 0 aromatic rings. The Morgan fingerprint density at radius 1 is 1.53 bits per heavy atom. The summed E-state index contributed by atoms with van der Waals surface area (Å²) in [4.78, 5) is 11.9. The number of unbranched alkanes of at least 4 members (excludes halogenated alkanes) is 1. The molecule has 0 atom stereocenters. The molecular weight excluding hydrogens is 216 g/mol. The molecule has 0 bridgehead atoms. The third kappa shape index (κ3) is 3.71. The van der Waals surface area contributed by atoms with Gasteiger partial charge in [0.05, 0.1) is 13.2 Å². The van der Waals surface area contributed by atoms with E-state index in [0.717, 1.165) is 32.1 Å². The SMILES string of the molecule is COC(=O)C1(NCCCC#N)CCC(C)CC1. The van der Waals surface area contributed by atoms with Crippen LogP contribution < -0.4 is 5.32 Å². The summed E-state index contributed by atoms with van der Waals surface area (Å²) in [6.07, 6.45) is 5.10. The highest BCUT2D eigenvalue weighted by molar-refractivity contribution is 5.80. The predicted molar refractivity (Wildman–Crippen MR) is 65.2 cm³/mol. The lowest BCUT2D eigenvalue weighted by Gasteiger charge is -2.37. The van der Waals surface area contributed by atoms with Crippen LogP contribution in [-0.4, -0.2) is 25.2 Å². The third-order valence-electron chi connectivity index (χ3n) is 3.63. The van der Waals surface area contributed by atoms with Crippen molar-refractivity contribution in [3.05, 3.63) is 0 Å². The zero-order valence-corrected chi connectivity index (χ0v) is 10.8. The normalized spacial score (nSPS) is 28.4. The summed E-state index contributed by atoms with van der Waals surface area (Å²) in [5.74, 6) is 0.537. The van der Waals surface area contributed by atoms with Crippen molar-refractivity contribution in [1.29, 1.82) is 5.26 Å². The largest absolute Gasteiger partial charge is 0.468 e. The Hall–Kier alpha value is -1.08. The number of nitrogens with zero attached hydrogens (tertiary/aromatic N) is 1. The van der Waals surface area contributed by atoms with Crippen LogP contribution in [0.25, 0.3) is 0 Å². The van der Waals surface area contributed by atoms with E-state index in [2.05, 4.69) is 18.3 Å². The molecule has 0 radical (unpaired) electrons. The van der Waals surface area contributed by atoms with Crippen molar-refractivity contribution < 1.29 is 9.53 Å². The van der Waals surface area contributed by atoms with Gasteiger partial charge in [0.25, 0.3) is 0 Å². The van der Waals surface area contributed by atoms with E-state index in [9.17, 15) is 4.79 Å². The van der Waals surface area contributed by atoms with Gasteiger partial charge < -0.3 is 10.1 Å². The smallest absolute Gasteiger partial charge is 0.326 e. The van der Waals surface area contributed by atoms with E-state index in [0.29, 0.717) is 18.9 Å². The molecule has 0 amide bonds. The first-order valence-electron chi connectivity index (χ1n) is 6.35. The van der Waals surface area contributed by atoms with E-state index in [-0.39, 0.29) is 5.97 Å². The molecule has 1 aliphatic carbocycles. The lowest BCUT2D eigenvalue weighted by Crippen LogP contribution is -2.54. The molecule has 96 valence electrons. The number of carbonyl (C=O) groups is 1. The van der Waals surface area contributed by atoms with Gasteiger partial charge in [0.2, 0.25) is 0 Å². The molecule has 4 nitrogen and oxygen atoms in total. The molecule has 1 fully saturated rings. The highest BCUT2D eigenvalue weighted by Gasteiger charge is 2.41. The second-order valence-corrected chi connectivity index (χ2v) is 4.94. The minimum atomic E-state index is -0.503. The monoisotopic (exact) mass is 238 g/mol. The van der Waals surface area contributed by atoms with E-state index >= 15 is 0 Å². The minimum absolute atomic E-state index is 0.152. The topological polar surface area (TPSA) is 62.1 Å². The van der Waals surface area contributed by atoms with Crippen LogP contribution in [0, 0.1) is 17.2 Å². The van der Waals surface area contributed by atoms with Crippen LogP contribution >= 0.6 is 0 Å². The van der Waals surface area contributed by atoms with Crippen molar-refractivity contribution in [3.63, 3.8) is 0 Å². The number of esters is 1. The van der Waals surface area contributed by atoms with Crippen molar-refractivity contribution in [2.75, 3.05) is 13.7 Å². The maximum absolute atomic E-state index is 11.9. The second kappa shape index (κ2) is 6.61. The van der Waals surface area contributed by atoms with Crippen molar-refractivity contribution >= 4 is 5.97 Å². The van der Waals surface area contributed by atoms with Crippen LogP contribution in [0.2, 0.25) is 0 Å². The van der Waals surface area contributed by atoms with Crippen LogP contribution in [0.15, 0.2) is 0 Å². The highest BCUT2D eigenvalue weighted by atomic mass is 16.5. The molecule has 1 saturated carbocycles. The molecule has 17 heavy (non-hydrogen) atoms. The summed E-state index contributed by atoms with van der Waals surface area (Å²) >= 11 is 0. The lowest BCUT2D eigenvalue weighted by molar-refractivity contribution is -0.150. The standard InChI is InChI=1S/C13H22N2O2/c1-11-5-7-13(8-6-11,12(16)17-2)15-10-4-3-9-14/h11,15H,3-8,10H2,1-2H3. The number of hydrogen-bond acceptors (Lipinski definition) is 4. The Morgan fingerprint density at radius 3 is 2.71 bits per heavy atom.